The van der Waals surface area contributed by atoms with E-state index in [4.69, 9.17) is 0 Å². The molecule has 0 saturated heterocycles. The number of nitrogens with zero attached hydrogens (tertiary/aromatic N) is 4. The monoisotopic (exact) mass is 287 g/mol. The molecule has 0 unspecified atom stereocenters. The molecule has 9 nitrogen and oxygen atoms in total. The number of hydrazone groups is 1. The molecule has 0 aliphatic rings. The van der Waals surface area contributed by atoms with Gasteiger partial charge in [0, 0.05) is 18.5 Å². The van der Waals surface area contributed by atoms with Crippen molar-refractivity contribution in [3.8, 4) is 0 Å². The lowest BCUT2D eigenvalue weighted by Gasteiger charge is -2.01. The van der Waals surface area contributed by atoms with E-state index in [1.54, 1.807) is 24.5 Å². The second-order valence-electron chi connectivity index (χ2n) is 3.87. The molecule has 106 valence electrons. The Labute approximate surface area is 118 Å². The normalized spacial score (nSPS) is 10.5. The van der Waals surface area contributed by atoms with E-state index in [1.807, 2.05) is 0 Å². The highest BCUT2D eigenvalue weighted by molar-refractivity contribution is 5.80. The van der Waals surface area contributed by atoms with Crippen LogP contribution in [0, 0.1) is 20.2 Å². The highest BCUT2D eigenvalue weighted by atomic mass is 16.6. The maximum Gasteiger partial charge on any atom is 0.301 e. The molecule has 1 heterocycles. The molecule has 0 aliphatic heterocycles. The summed E-state index contributed by atoms with van der Waals surface area (Å²) in [5.74, 6) is 0. The maximum absolute atomic E-state index is 10.9. The molecule has 1 aromatic heterocycles. The van der Waals surface area contributed by atoms with E-state index in [0.717, 1.165) is 17.7 Å². The first kappa shape index (κ1) is 14.1. The lowest BCUT2D eigenvalue weighted by atomic mass is 10.2. The number of nitro benzene ring substituents is 2. The first-order valence-corrected chi connectivity index (χ1v) is 5.70. The van der Waals surface area contributed by atoms with Crippen LogP contribution in [0.3, 0.4) is 0 Å². The molecule has 0 amide bonds. The molecule has 0 saturated carbocycles. The van der Waals surface area contributed by atoms with Gasteiger partial charge in [0.15, 0.2) is 0 Å². The van der Waals surface area contributed by atoms with Crippen LogP contribution in [0.1, 0.15) is 5.56 Å². The van der Waals surface area contributed by atoms with Crippen LogP contribution in [0.2, 0.25) is 0 Å². The molecule has 0 radical (unpaired) electrons. The van der Waals surface area contributed by atoms with E-state index in [2.05, 4.69) is 15.5 Å². The van der Waals surface area contributed by atoms with Crippen molar-refractivity contribution in [2.45, 2.75) is 0 Å². The summed E-state index contributed by atoms with van der Waals surface area (Å²) < 4.78 is 0. The first-order valence-electron chi connectivity index (χ1n) is 5.70. The lowest BCUT2D eigenvalue weighted by molar-refractivity contribution is -0.393. The fourth-order valence-electron chi connectivity index (χ4n) is 1.51. The average Bonchev–Trinajstić information content (AvgIpc) is 2.48. The van der Waals surface area contributed by atoms with Crippen molar-refractivity contribution in [1.29, 1.82) is 0 Å². The van der Waals surface area contributed by atoms with Crippen molar-refractivity contribution in [1.82, 2.24) is 4.98 Å². The van der Waals surface area contributed by atoms with Crippen LogP contribution in [0.5, 0.6) is 0 Å². The standard InChI is InChI=1S/C12H9N5O4/c18-16(19)10-1-2-11(12(7-10)17(20)21)15-14-8-9-3-5-13-6-4-9/h1-8,15H/b14-8+. The van der Waals surface area contributed by atoms with Gasteiger partial charge in [-0.25, -0.2) is 0 Å². The Bertz CT molecular complexity index is 702. The zero-order valence-corrected chi connectivity index (χ0v) is 10.5. The zero-order chi connectivity index (χ0) is 15.2. The summed E-state index contributed by atoms with van der Waals surface area (Å²) in [6, 6.07) is 6.69. The average molecular weight is 287 g/mol. The van der Waals surface area contributed by atoms with Crippen LogP contribution >= 0.6 is 0 Å². The summed E-state index contributed by atoms with van der Waals surface area (Å²) in [6.45, 7) is 0. The molecule has 2 rings (SSSR count). The minimum atomic E-state index is -0.711. The topological polar surface area (TPSA) is 124 Å². The molecule has 0 spiro atoms. The third-order valence-corrected chi connectivity index (χ3v) is 2.49. The molecular formula is C12H9N5O4. The number of nitro groups is 2. The number of hydrogen-bond donors (Lipinski definition) is 1. The largest absolute Gasteiger partial charge is 0.301 e. The van der Waals surface area contributed by atoms with Crippen LogP contribution in [0.4, 0.5) is 17.1 Å². The van der Waals surface area contributed by atoms with E-state index in [0.29, 0.717) is 0 Å². The van der Waals surface area contributed by atoms with E-state index >= 15 is 0 Å². The van der Waals surface area contributed by atoms with Gasteiger partial charge in [-0.05, 0) is 23.8 Å². The highest BCUT2D eigenvalue weighted by Gasteiger charge is 2.18. The van der Waals surface area contributed by atoms with E-state index in [1.165, 1.54) is 12.3 Å². The summed E-state index contributed by atoms with van der Waals surface area (Å²) in [4.78, 5) is 24.0. The van der Waals surface area contributed by atoms with Crippen molar-refractivity contribution in [3.05, 3.63) is 68.5 Å². The van der Waals surface area contributed by atoms with Crippen molar-refractivity contribution >= 4 is 23.3 Å². The molecule has 1 aromatic carbocycles. The molecule has 1 N–H and O–H groups in total. The third-order valence-electron chi connectivity index (χ3n) is 2.49. The van der Waals surface area contributed by atoms with E-state index in [9.17, 15) is 20.2 Å². The van der Waals surface area contributed by atoms with Gasteiger partial charge in [0.25, 0.3) is 5.69 Å². The lowest BCUT2D eigenvalue weighted by Crippen LogP contribution is -1.98. The van der Waals surface area contributed by atoms with Crippen molar-refractivity contribution in [3.63, 3.8) is 0 Å². The fourth-order valence-corrected chi connectivity index (χ4v) is 1.51. The molecule has 0 aliphatic carbocycles. The van der Waals surface area contributed by atoms with Crippen LogP contribution in [0.25, 0.3) is 0 Å². The molecular weight excluding hydrogens is 278 g/mol. The number of hydrogen-bond acceptors (Lipinski definition) is 7. The number of rotatable bonds is 5. The summed E-state index contributed by atoms with van der Waals surface area (Å²) in [7, 11) is 0. The first-order chi connectivity index (χ1) is 10.1. The molecule has 9 heteroatoms. The number of benzene rings is 1. The predicted molar refractivity (Wildman–Crippen MR) is 75.2 cm³/mol. The Morgan fingerprint density at radius 3 is 2.43 bits per heavy atom. The number of non-ortho nitro benzene ring substituents is 1. The van der Waals surface area contributed by atoms with Gasteiger partial charge in [0.1, 0.15) is 5.69 Å². The molecule has 0 bridgehead atoms. The summed E-state index contributed by atoms with van der Waals surface area (Å²) >= 11 is 0. The molecule has 21 heavy (non-hydrogen) atoms. The minimum absolute atomic E-state index is 0.0657. The Hall–Kier alpha value is -3.36. The smallest absolute Gasteiger partial charge is 0.272 e. The summed E-state index contributed by atoms with van der Waals surface area (Å²) in [5.41, 5.74) is 2.54. The molecule has 2 aromatic rings. The Morgan fingerprint density at radius 2 is 1.81 bits per heavy atom. The van der Waals surface area contributed by atoms with Crippen molar-refractivity contribution < 1.29 is 9.85 Å². The number of nitrogens with one attached hydrogen (secondary N) is 1. The van der Waals surface area contributed by atoms with Crippen LogP contribution in [-0.4, -0.2) is 21.0 Å². The van der Waals surface area contributed by atoms with Gasteiger partial charge in [0.2, 0.25) is 0 Å². The quantitative estimate of drug-likeness (QED) is 0.511. The Kier molecular flexibility index (Phi) is 4.14. The van der Waals surface area contributed by atoms with Gasteiger partial charge in [0.05, 0.1) is 22.1 Å². The van der Waals surface area contributed by atoms with Crippen LogP contribution < -0.4 is 5.43 Å². The number of anilines is 1. The Morgan fingerprint density at radius 1 is 1.10 bits per heavy atom. The van der Waals surface area contributed by atoms with E-state index in [-0.39, 0.29) is 11.4 Å². The summed E-state index contributed by atoms with van der Waals surface area (Å²) in [6.07, 6.45) is 4.61. The third kappa shape index (κ3) is 3.56. The second kappa shape index (κ2) is 6.19. The zero-order valence-electron chi connectivity index (χ0n) is 10.5. The number of pyridine rings is 1. The predicted octanol–water partition coefficient (Wildman–Crippen LogP) is 2.34. The van der Waals surface area contributed by atoms with Crippen molar-refractivity contribution in [2.24, 2.45) is 5.10 Å². The number of aromatic nitrogens is 1. The second-order valence-corrected chi connectivity index (χ2v) is 3.87. The van der Waals surface area contributed by atoms with E-state index < -0.39 is 15.5 Å². The van der Waals surface area contributed by atoms with Crippen LogP contribution in [0.15, 0.2) is 47.8 Å². The van der Waals surface area contributed by atoms with Crippen molar-refractivity contribution in [2.75, 3.05) is 5.43 Å². The molecule has 0 atom stereocenters. The SMILES string of the molecule is O=[N+]([O-])c1ccc(N/N=C/c2ccncc2)c([N+](=O)[O-])c1. The molecule has 0 fully saturated rings. The van der Waals surface area contributed by atoms with Gasteiger partial charge >= 0.3 is 5.69 Å². The minimum Gasteiger partial charge on any atom is -0.272 e. The summed E-state index contributed by atoms with van der Waals surface area (Å²) in [5, 5.41) is 25.4. The van der Waals surface area contributed by atoms with Gasteiger partial charge in [-0.15, -0.1) is 0 Å². The Balaban J connectivity index is 2.22. The van der Waals surface area contributed by atoms with Gasteiger partial charge in [-0.3, -0.25) is 30.6 Å². The maximum atomic E-state index is 10.9. The van der Waals surface area contributed by atoms with Gasteiger partial charge in [-0.2, -0.15) is 5.10 Å². The van der Waals surface area contributed by atoms with Crippen LogP contribution in [-0.2, 0) is 0 Å². The fraction of sp³-hybridized carbons (Fsp3) is 0. The van der Waals surface area contributed by atoms with Gasteiger partial charge in [-0.1, -0.05) is 0 Å². The van der Waals surface area contributed by atoms with Gasteiger partial charge < -0.3 is 0 Å². The highest BCUT2D eigenvalue weighted by Crippen LogP contribution is 2.28.